The summed E-state index contributed by atoms with van der Waals surface area (Å²) in [4.78, 5) is 2.36. The second kappa shape index (κ2) is 3.86. The Morgan fingerprint density at radius 3 is 2.56 bits per heavy atom. The van der Waals surface area contributed by atoms with Gasteiger partial charge in [-0.3, -0.25) is 0 Å². The Labute approximate surface area is 107 Å². The van der Waals surface area contributed by atoms with Crippen molar-refractivity contribution in [2.75, 3.05) is 17.2 Å². The monoisotopic (exact) mass is 267 g/mol. The minimum Gasteiger partial charge on any atom is -0.399 e. The first-order valence-electron chi connectivity index (χ1n) is 6.13. The lowest BCUT2D eigenvalue weighted by Crippen LogP contribution is -2.32. The molecule has 98 valence electrons. The third-order valence-corrected chi connectivity index (χ3v) is 4.88. The van der Waals surface area contributed by atoms with Gasteiger partial charge in [0.15, 0.2) is 0 Å². The molecule has 0 amide bonds. The van der Waals surface area contributed by atoms with E-state index in [2.05, 4.69) is 4.90 Å². The number of nitrogens with two attached hydrogens (primary N) is 2. The van der Waals surface area contributed by atoms with E-state index in [1.54, 1.807) is 6.07 Å². The van der Waals surface area contributed by atoms with Gasteiger partial charge in [0.1, 0.15) is 0 Å². The van der Waals surface area contributed by atoms with Gasteiger partial charge in [-0.15, -0.1) is 0 Å². The first-order valence-corrected chi connectivity index (χ1v) is 7.68. The van der Waals surface area contributed by atoms with Gasteiger partial charge in [0.25, 0.3) is 0 Å². The first-order chi connectivity index (χ1) is 8.43. The summed E-state index contributed by atoms with van der Waals surface area (Å²) in [5.74, 6) is 0.745. The number of nitrogen functional groups attached to an aromatic ring is 1. The van der Waals surface area contributed by atoms with E-state index in [-0.39, 0.29) is 4.90 Å². The lowest BCUT2D eigenvalue weighted by Gasteiger charge is -2.29. The normalized spacial score (nSPS) is 26.8. The van der Waals surface area contributed by atoms with Gasteiger partial charge in [0, 0.05) is 24.0 Å². The van der Waals surface area contributed by atoms with E-state index in [0.717, 1.165) is 18.2 Å². The number of hydrogen-bond acceptors (Lipinski definition) is 4. The van der Waals surface area contributed by atoms with E-state index >= 15 is 0 Å². The Hall–Kier alpha value is -1.27. The van der Waals surface area contributed by atoms with E-state index in [1.807, 2.05) is 6.07 Å². The Balaban J connectivity index is 2.00. The summed E-state index contributed by atoms with van der Waals surface area (Å²) >= 11 is 0. The first kappa shape index (κ1) is 11.8. The van der Waals surface area contributed by atoms with Crippen LogP contribution < -0.4 is 15.8 Å². The predicted molar refractivity (Wildman–Crippen MR) is 70.7 cm³/mol. The lowest BCUT2D eigenvalue weighted by molar-refractivity contribution is 0.553. The summed E-state index contributed by atoms with van der Waals surface area (Å²) in [7, 11) is -3.70. The molecule has 18 heavy (non-hydrogen) atoms. The quantitative estimate of drug-likeness (QED) is 0.779. The summed E-state index contributed by atoms with van der Waals surface area (Å²) in [6.07, 6.45) is 3.68. The summed E-state index contributed by atoms with van der Waals surface area (Å²) < 4.78 is 22.8. The molecule has 0 radical (unpaired) electrons. The maximum Gasteiger partial charge on any atom is 0.238 e. The van der Waals surface area contributed by atoms with Crippen LogP contribution in [0.1, 0.15) is 19.3 Å². The zero-order chi connectivity index (χ0) is 12.9. The van der Waals surface area contributed by atoms with Crippen LogP contribution in [0.5, 0.6) is 0 Å². The van der Waals surface area contributed by atoms with Gasteiger partial charge in [0.2, 0.25) is 10.0 Å². The summed E-state index contributed by atoms with van der Waals surface area (Å²) in [5.41, 5.74) is 7.10. The third-order valence-electron chi connectivity index (χ3n) is 3.98. The number of sulfonamides is 1. The fraction of sp³-hybridized carbons (Fsp3) is 0.500. The Kier molecular flexibility index (Phi) is 2.53. The van der Waals surface area contributed by atoms with Gasteiger partial charge in [-0.1, -0.05) is 0 Å². The number of hydrogen-bond donors (Lipinski definition) is 2. The zero-order valence-electron chi connectivity index (χ0n) is 10.0. The van der Waals surface area contributed by atoms with Crippen molar-refractivity contribution in [1.29, 1.82) is 0 Å². The average Bonchev–Trinajstić information content (AvgIpc) is 2.88. The van der Waals surface area contributed by atoms with Crippen molar-refractivity contribution in [2.45, 2.75) is 30.2 Å². The minimum absolute atomic E-state index is 0.0975. The number of piperidine rings is 1. The highest BCUT2D eigenvalue weighted by molar-refractivity contribution is 7.89. The van der Waals surface area contributed by atoms with Gasteiger partial charge in [-0.05, 0) is 43.4 Å². The van der Waals surface area contributed by atoms with E-state index in [9.17, 15) is 8.42 Å². The maximum absolute atomic E-state index is 11.4. The molecule has 2 atom stereocenters. The number of primary sulfonamides is 1. The molecule has 1 saturated carbocycles. The van der Waals surface area contributed by atoms with Crippen molar-refractivity contribution in [3.63, 3.8) is 0 Å². The maximum atomic E-state index is 11.4. The molecule has 2 unspecified atom stereocenters. The molecule has 2 bridgehead atoms. The van der Waals surface area contributed by atoms with E-state index in [0.29, 0.717) is 11.7 Å². The standard InChI is InChI=1S/C12H17N3O2S/c13-9-4-11(6-12(5-9)18(14,16)17)15-7-8-1-2-10(15)3-8/h4-6,8,10H,1-3,7,13H2,(H2,14,16,17). The van der Waals surface area contributed by atoms with Crippen molar-refractivity contribution in [2.24, 2.45) is 11.1 Å². The molecule has 1 aromatic carbocycles. The highest BCUT2D eigenvalue weighted by atomic mass is 32.2. The van der Waals surface area contributed by atoms with Crippen molar-refractivity contribution in [3.8, 4) is 0 Å². The highest BCUT2D eigenvalue weighted by Gasteiger charge is 2.38. The van der Waals surface area contributed by atoms with Crippen LogP contribution in [0.2, 0.25) is 0 Å². The molecule has 2 fully saturated rings. The van der Waals surface area contributed by atoms with E-state index in [1.165, 1.54) is 25.3 Å². The Morgan fingerprint density at radius 1 is 1.22 bits per heavy atom. The van der Waals surface area contributed by atoms with Crippen LogP contribution in [-0.4, -0.2) is 21.0 Å². The van der Waals surface area contributed by atoms with Crippen LogP contribution in [0.4, 0.5) is 11.4 Å². The minimum atomic E-state index is -3.70. The fourth-order valence-corrected chi connectivity index (χ4v) is 3.76. The number of benzene rings is 1. The Bertz CT molecular complexity index is 585. The highest BCUT2D eigenvalue weighted by Crippen LogP contribution is 2.41. The number of rotatable bonds is 2. The van der Waals surface area contributed by atoms with Crippen molar-refractivity contribution in [3.05, 3.63) is 18.2 Å². The van der Waals surface area contributed by atoms with Crippen molar-refractivity contribution in [1.82, 2.24) is 0 Å². The van der Waals surface area contributed by atoms with Gasteiger partial charge in [-0.25, -0.2) is 13.6 Å². The van der Waals surface area contributed by atoms with Crippen LogP contribution in [0, 0.1) is 5.92 Å². The van der Waals surface area contributed by atoms with Gasteiger partial charge < -0.3 is 10.6 Å². The van der Waals surface area contributed by atoms with Crippen LogP contribution in [0.3, 0.4) is 0 Å². The molecule has 6 heteroatoms. The fourth-order valence-electron chi connectivity index (χ4n) is 3.18. The molecule has 1 aromatic rings. The molecule has 0 spiro atoms. The molecule has 3 rings (SSSR count). The third kappa shape index (κ3) is 1.95. The molecular weight excluding hydrogens is 250 g/mol. The Morgan fingerprint density at radius 2 is 2.00 bits per heavy atom. The zero-order valence-corrected chi connectivity index (χ0v) is 10.9. The molecule has 5 nitrogen and oxygen atoms in total. The number of anilines is 2. The molecule has 1 aliphatic heterocycles. The predicted octanol–water partition coefficient (Wildman–Crippen LogP) is 0.905. The van der Waals surface area contributed by atoms with Gasteiger partial charge in [0.05, 0.1) is 4.90 Å². The van der Waals surface area contributed by atoms with Crippen molar-refractivity contribution < 1.29 is 8.42 Å². The van der Waals surface area contributed by atoms with Crippen LogP contribution in [0.25, 0.3) is 0 Å². The molecule has 4 N–H and O–H groups in total. The molecular formula is C12H17N3O2S. The molecule has 0 aromatic heterocycles. The van der Waals surface area contributed by atoms with Gasteiger partial charge in [-0.2, -0.15) is 0 Å². The number of fused-ring (bicyclic) bond motifs is 2. The lowest BCUT2D eigenvalue weighted by atomic mass is 10.1. The van der Waals surface area contributed by atoms with E-state index in [4.69, 9.17) is 10.9 Å². The SMILES string of the molecule is Nc1cc(N2CC3CCC2C3)cc(S(N)(=O)=O)c1. The van der Waals surface area contributed by atoms with Crippen molar-refractivity contribution >= 4 is 21.4 Å². The van der Waals surface area contributed by atoms with Crippen LogP contribution >= 0.6 is 0 Å². The molecule has 1 aliphatic carbocycles. The van der Waals surface area contributed by atoms with Crippen LogP contribution in [-0.2, 0) is 10.0 Å². The summed E-state index contributed by atoms with van der Waals surface area (Å²) in [6.45, 7) is 0.998. The average molecular weight is 267 g/mol. The van der Waals surface area contributed by atoms with E-state index < -0.39 is 10.0 Å². The molecule has 1 heterocycles. The second-order valence-electron chi connectivity index (χ2n) is 5.29. The topological polar surface area (TPSA) is 89.4 Å². The largest absolute Gasteiger partial charge is 0.399 e. The van der Waals surface area contributed by atoms with Crippen LogP contribution in [0.15, 0.2) is 23.1 Å². The summed E-state index contributed by atoms with van der Waals surface area (Å²) in [6, 6.07) is 5.40. The summed E-state index contributed by atoms with van der Waals surface area (Å²) in [5, 5.41) is 5.17. The molecule has 2 aliphatic rings. The van der Waals surface area contributed by atoms with Gasteiger partial charge >= 0.3 is 0 Å². The molecule has 1 saturated heterocycles. The number of nitrogens with zero attached hydrogens (tertiary/aromatic N) is 1. The smallest absolute Gasteiger partial charge is 0.238 e. The second-order valence-corrected chi connectivity index (χ2v) is 6.85.